The lowest BCUT2D eigenvalue weighted by molar-refractivity contribution is -0.174. The third kappa shape index (κ3) is 26.4. The zero-order valence-corrected chi connectivity index (χ0v) is 85.3. The van der Waals surface area contributed by atoms with Gasteiger partial charge in [-0.15, -0.1) is 34.0 Å². The van der Waals surface area contributed by atoms with Crippen LogP contribution in [0, 0.1) is 0 Å². The lowest BCUT2D eigenvalue weighted by atomic mass is 9.98. The van der Waals surface area contributed by atoms with Gasteiger partial charge in [0.15, 0.2) is 41.7 Å². The number of carboxylic acid groups (broad SMARTS) is 2. The number of likely N-dealkylation sites (N-methyl/N-ethyl adjacent to an activating group) is 2. The molecule has 0 saturated heterocycles. The summed E-state index contributed by atoms with van der Waals surface area (Å²) in [6.07, 6.45) is -2.63. The standard InChI is InChI=1S/C27H29N3O7S3.C18H15ClO3.C18H16O4.C12H19N3O5S3.C10H16N2O4S3.C8H12O6/c1-3-30(23-12-16(2)39(33,34)26-21(23)13-25(38-26)40(28,35)36)24(31)14-29-27(32)37-15-22-19-10-6-4-8-17(19)18-9-5-7-11-20(18)22;2*19-17(20)9-10-18(21)22-11-16-14-7-3-1-5-12(14)13-6-2-4-8-15(13)16;1-3-15(10(16)6-13)9-4-7(2)22(17,18)12-8(9)5-11(21-12)23(14,19)20;1-3-12-8-4-6(2)18(13,14)10-7(8)5-9(17-10)19(11,15)16;1-4(7(10)11)14-8(12)5(2)13-6(3)9/h4-11,13,16,22-23H,3,12,14-15H2,1-2H3,(H,29,32)(H2,28,35,36);1-8,16H,9-11H2;1-8,16H,9-11H2,(H,19,20);5,7,9H,3-4,6,13H2,1-2H3,(H2,14,19,20);5-6,8,12H,3-4H2,1-2H3,(H2,11,15,16);4-5H,1-3H3,(H,10,11)/t16-,23-;;;7-,9-;6-,8-;4-,5-/m0..000/s1. The number of aliphatic carboxylic acids is 2. The third-order valence-electron chi connectivity index (χ3n) is 23.6. The van der Waals surface area contributed by atoms with E-state index in [1.165, 1.54) is 82.2 Å². The van der Waals surface area contributed by atoms with Crippen molar-refractivity contribution in [2.75, 3.05) is 52.5 Å². The number of sulfonamides is 3. The number of primary sulfonamides is 3. The summed E-state index contributed by atoms with van der Waals surface area (Å²) >= 11 is 7.21. The highest BCUT2D eigenvalue weighted by molar-refractivity contribution is 7.96. The molecule has 47 heteroatoms. The number of hydrogen-bond donors (Lipinski definition) is 8. The molecule has 3 amide bonds. The fourth-order valence-electron chi connectivity index (χ4n) is 16.8. The number of nitrogens with zero attached hydrogens (tertiary/aromatic N) is 2. The second kappa shape index (κ2) is 47.2. The van der Waals surface area contributed by atoms with Gasteiger partial charge >= 0.3 is 41.9 Å². The van der Waals surface area contributed by atoms with Gasteiger partial charge in [-0.25, -0.2) is 80.3 Å². The van der Waals surface area contributed by atoms with Crippen LogP contribution < -0.4 is 31.8 Å². The van der Waals surface area contributed by atoms with Gasteiger partial charge in [0.05, 0.1) is 53.6 Å². The number of ether oxygens (including phenoxy) is 5. The van der Waals surface area contributed by atoms with E-state index in [9.17, 15) is 98.5 Å². The van der Waals surface area contributed by atoms with Gasteiger partial charge < -0.3 is 60.1 Å². The highest BCUT2D eigenvalue weighted by Gasteiger charge is 2.46. The number of benzene rings is 6. The number of carboxylic acids is 2. The van der Waals surface area contributed by atoms with Gasteiger partial charge in [-0.05, 0) is 171 Å². The minimum absolute atomic E-state index is 0.0121. The van der Waals surface area contributed by atoms with Crippen LogP contribution in [0.5, 0.6) is 0 Å². The molecule has 37 nitrogen and oxygen atoms in total. The molecule has 15 rings (SSSR count). The van der Waals surface area contributed by atoms with Crippen molar-refractivity contribution in [3.05, 3.63) is 214 Å². The Balaban J connectivity index is 0.000000179. The number of hydrogen-bond acceptors (Lipinski definition) is 32. The van der Waals surface area contributed by atoms with Crippen molar-refractivity contribution in [1.82, 2.24) is 20.4 Å². The average Bonchev–Trinajstić information content (AvgIpc) is 1.52. The molecule has 6 aromatic carbocycles. The number of rotatable bonds is 28. The largest absolute Gasteiger partial charge is 0.481 e. The first-order chi connectivity index (χ1) is 65.8. The number of sulfone groups is 3. The lowest BCUT2D eigenvalue weighted by Gasteiger charge is -2.36. The van der Waals surface area contributed by atoms with E-state index in [1.807, 2.05) is 116 Å². The highest BCUT2D eigenvalue weighted by Crippen LogP contribution is 2.51. The number of fused-ring (bicyclic) bond motifs is 12. The Morgan fingerprint density at radius 1 is 0.457 bits per heavy atom. The highest BCUT2D eigenvalue weighted by atomic mass is 35.5. The number of nitrogens with one attached hydrogen (secondary N) is 2. The minimum Gasteiger partial charge on any atom is -0.481 e. The summed E-state index contributed by atoms with van der Waals surface area (Å²) in [4.78, 5) is 117. The molecule has 6 heterocycles. The molecule has 0 unspecified atom stereocenters. The fourth-order valence-corrected chi connectivity index (χ4v) is 30.1. The Labute approximate surface area is 827 Å². The summed E-state index contributed by atoms with van der Waals surface area (Å²) in [5.74, 6) is -5.46. The maximum absolute atomic E-state index is 13.2. The van der Waals surface area contributed by atoms with Crippen LogP contribution in [0.3, 0.4) is 0 Å². The fraction of sp³-hybridized carbons (Fsp3) is 0.376. The summed E-state index contributed by atoms with van der Waals surface area (Å²) in [6, 6.07) is 50.9. The molecule has 0 radical (unpaired) electrons. The van der Waals surface area contributed by atoms with Crippen molar-refractivity contribution in [2.24, 2.45) is 21.2 Å². The van der Waals surface area contributed by atoms with Crippen LogP contribution in [0.2, 0.25) is 0 Å². The Morgan fingerprint density at radius 2 is 0.779 bits per heavy atom. The number of amides is 3. The summed E-state index contributed by atoms with van der Waals surface area (Å²) in [5, 5.41) is 35.5. The van der Waals surface area contributed by atoms with E-state index >= 15 is 0 Å². The molecule has 140 heavy (non-hydrogen) atoms. The second-order valence-corrected chi connectivity index (χ2v) is 49.6. The number of halogens is 1. The molecule has 6 aliphatic rings. The summed E-state index contributed by atoms with van der Waals surface area (Å²) in [5.41, 5.74) is 20.2. The quantitative estimate of drug-likeness (QED) is 0.0128. The van der Waals surface area contributed by atoms with Gasteiger partial charge in [0.25, 0.3) is 0 Å². The molecule has 12 N–H and O–H groups in total. The van der Waals surface area contributed by atoms with Gasteiger partial charge in [0.2, 0.25) is 47.1 Å². The van der Waals surface area contributed by atoms with Gasteiger partial charge in [-0.1, -0.05) is 153 Å². The Morgan fingerprint density at radius 3 is 1.09 bits per heavy atom. The van der Waals surface area contributed by atoms with E-state index in [0.29, 0.717) is 53.3 Å². The Bertz CT molecular complexity index is 6670. The lowest BCUT2D eigenvalue weighted by Crippen LogP contribution is -2.44. The molecule has 0 bridgehead atoms. The van der Waals surface area contributed by atoms with E-state index in [2.05, 4.69) is 56.5 Å². The first-order valence-corrected chi connectivity index (χ1v) is 55.9. The van der Waals surface area contributed by atoms with Gasteiger partial charge in [0.1, 0.15) is 51.6 Å². The van der Waals surface area contributed by atoms with Crippen molar-refractivity contribution < 1.29 is 132 Å². The normalized spacial score (nSPS) is 18.2. The van der Waals surface area contributed by atoms with Crippen molar-refractivity contribution in [2.45, 2.75) is 196 Å². The molecule has 0 spiro atoms. The third-order valence-corrected chi connectivity index (χ3v) is 39.8. The van der Waals surface area contributed by atoms with E-state index < -0.39 is 153 Å². The van der Waals surface area contributed by atoms with Crippen LogP contribution in [0.15, 0.2) is 189 Å². The van der Waals surface area contributed by atoms with Crippen LogP contribution in [-0.2, 0) is 126 Å². The number of carbonyl (C=O) groups is 10. The molecule has 9 aromatic rings. The number of esters is 4. The topological polar surface area (TPSA) is 597 Å². The maximum atomic E-state index is 13.2. The first kappa shape index (κ1) is 111. The maximum Gasteiger partial charge on any atom is 0.407 e. The van der Waals surface area contributed by atoms with Crippen LogP contribution in [-0.4, -0.2) is 210 Å². The van der Waals surface area contributed by atoms with Gasteiger partial charge in [-0.3, -0.25) is 33.6 Å². The molecule has 8 atom stereocenters. The number of thiophene rings is 3. The monoisotopic (exact) mass is 2120 g/mol. The zero-order chi connectivity index (χ0) is 103. The molecule has 3 aromatic heterocycles. The first-order valence-electron chi connectivity index (χ1n) is 43.8. The second-order valence-electron chi connectivity index (χ2n) is 33.0. The molecule has 0 fully saturated rings. The molecular formula is C93H107ClN8O29S9. The van der Waals surface area contributed by atoms with Crippen molar-refractivity contribution >= 4 is 164 Å². The predicted molar refractivity (Wildman–Crippen MR) is 520 cm³/mol. The smallest absolute Gasteiger partial charge is 0.407 e. The van der Waals surface area contributed by atoms with Gasteiger partial charge in [-0.2, -0.15) is 0 Å². The molecule has 3 aliphatic carbocycles. The molecule has 3 aliphatic heterocycles. The van der Waals surface area contributed by atoms with E-state index in [0.717, 1.165) is 51.6 Å². The van der Waals surface area contributed by atoms with Crippen molar-refractivity contribution in [1.29, 1.82) is 0 Å². The van der Waals surface area contributed by atoms with E-state index in [-0.39, 0.29) is 139 Å². The van der Waals surface area contributed by atoms with Gasteiger partial charge in [0, 0.05) is 66.9 Å². The SMILES string of the molecule is CC(=O)O[C@@H](C)C(=O)O[C@@H](C)C(=O)O.CCN(C(=O)CN)[C@H]1C[C@H](C)S(=O)(=O)c2sc(S(N)(=O)=O)cc21.CCN(C(=O)CNC(=O)OCC1c2ccccc2-c2ccccc21)[C@H]1C[C@H](C)S(=O)(=O)c2sc(S(N)(=O)=O)cc21.CCN[C@H]1C[C@H](C)S(=O)(=O)c2sc(S(N)(=O)=O)cc21.O=C(Cl)CCC(=O)OCC1c2ccccc2-c2ccccc21.O=C(O)CCC(=O)OCC1c2ccccc2-c2ccccc21. The number of carbonyl (C=O) groups excluding carboxylic acids is 8. The summed E-state index contributed by atoms with van der Waals surface area (Å²) in [7, 11) is -22.9. The Hall–Kier alpha value is -11.1. The van der Waals surface area contributed by atoms with Crippen LogP contribution in [0.4, 0.5) is 4.79 Å². The van der Waals surface area contributed by atoms with Crippen LogP contribution in [0.25, 0.3) is 33.4 Å². The van der Waals surface area contributed by atoms with Crippen molar-refractivity contribution in [3.8, 4) is 33.4 Å². The van der Waals surface area contributed by atoms with Crippen LogP contribution >= 0.6 is 45.6 Å². The predicted octanol–water partition coefficient (Wildman–Crippen LogP) is 10.9. The Kier molecular flexibility index (Phi) is 37.4. The van der Waals surface area contributed by atoms with Crippen molar-refractivity contribution in [3.63, 3.8) is 0 Å². The zero-order valence-electron chi connectivity index (χ0n) is 77.2. The molecule has 0 saturated carbocycles. The van der Waals surface area contributed by atoms with E-state index in [4.69, 9.17) is 57.2 Å². The minimum atomic E-state index is -4.14. The number of nitrogens with two attached hydrogens (primary N) is 4. The van der Waals surface area contributed by atoms with E-state index in [1.54, 1.807) is 27.7 Å². The average molecular weight is 2120 g/mol. The number of alkyl carbamates (subject to hydrolysis) is 1. The molecule has 754 valence electrons. The van der Waals surface area contributed by atoms with Crippen LogP contribution in [0.1, 0.15) is 193 Å². The summed E-state index contributed by atoms with van der Waals surface area (Å²) < 4.78 is 170. The summed E-state index contributed by atoms with van der Waals surface area (Å²) in [6.45, 7) is 15.0. The molecular weight excluding hydrogens is 2020 g/mol.